The highest BCUT2D eigenvalue weighted by Crippen LogP contribution is 2.31. The van der Waals surface area contributed by atoms with Gasteiger partial charge in [0.1, 0.15) is 11.6 Å². The average molecular weight is 632 g/mol. The molecule has 1 aliphatic heterocycles. The molecule has 0 atom stereocenters. The number of ether oxygens (including phenoxy) is 3. The van der Waals surface area contributed by atoms with Gasteiger partial charge in [-0.15, -0.1) is 9.81 Å². The van der Waals surface area contributed by atoms with E-state index >= 15 is 0 Å². The Bertz CT molecular complexity index is 1300. The van der Waals surface area contributed by atoms with Crippen molar-refractivity contribution in [1.29, 1.82) is 0 Å². The molecule has 12 nitrogen and oxygen atoms in total. The number of aliphatic imine (C=N–C) groups is 1. The molecule has 1 heterocycles. The van der Waals surface area contributed by atoms with E-state index in [1.54, 1.807) is 18.2 Å². The summed E-state index contributed by atoms with van der Waals surface area (Å²) >= 11 is 1.80. The number of amidine groups is 1. The summed E-state index contributed by atoms with van der Waals surface area (Å²) in [7, 11) is 0. The first kappa shape index (κ1) is 33.8. The van der Waals surface area contributed by atoms with Gasteiger partial charge in [0.15, 0.2) is 0 Å². The lowest BCUT2D eigenvalue weighted by molar-refractivity contribution is 0.0961. The second kappa shape index (κ2) is 15.7. The summed E-state index contributed by atoms with van der Waals surface area (Å²) in [5.74, 6) is 0.808. The van der Waals surface area contributed by atoms with Gasteiger partial charge in [0, 0.05) is 60.0 Å². The topological polar surface area (TPSA) is 140 Å². The quantitative estimate of drug-likeness (QED) is 0.0832. The van der Waals surface area contributed by atoms with Crippen LogP contribution < -0.4 is 9.64 Å². The SMILES string of the molecule is Cc1ccc(N(CC2=NCCN2C(=O)OCCC(C)(C)SN=O)c2cccc(OC(=O)OCCC(C)(C)SN=O)c2)cc1. The highest BCUT2D eigenvalue weighted by Gasteiger charge is 2.29. The van der Waals surface area contributed by atoms with Gasteiger partial charge >= 0.3 is 12.2 Å². The molecule has 0 unspecified atom stereocenters. The summed E-state index contributed by atoms with van der Waals surface area (Å²) in [5, 5.41) is 0. The van der Waals surface area contributed by atoms with Crippen molar-refractivity contribution in [3.8, 4) is 5.75 Å². The largest absolute Gasteiger partial charge is 0.513 e. The summed E-state index contributed by atoms with van der Waals surface area (Å²) in [6, 6.07) is 14.9. The third-order valence-electron chi connectivity index (χ3n) is 6.55. The number of anilines is 2. The Kier molecular flexibility index (Phi) is 12.4. The molecular weight excluding hydrogens is 594 g/mol. The zero-order valence-corrected chi connectivity index (χ0v) is 26.6. The van der Waals surface area contributed by atoms with Crippen molar-refractivity contribution in [2.24, 2.45) is 14.2 Å². The molecule has 0 aromatic heterocycles. The molecule has 2 aromatic rings. The predicted molar refractivity (Wildman–Crippen MR) is 171 cm³/mol. The molecule has 14 heteroatoms. The van der Waals surface area contributed by atoms with E-state index in [1.165, 1.54) is 4.90 Å². The number of hydrogen-bond acceptors (Lipinski definition) is 13. The second-order valence-corrected chi connectivity index (χ2v) is 13.9. The predicted octanol–water partition coefficient (Wildman–Crippen LogP) is 7.67. The van der Waals surface area contributed by atoms with Crippen LogP contribution in [0.25, 0.3) is 0 Å². The van der Waals surface area contributed by atoms with Crippen LogP contribution in [0.4, 0.5) is 21.0 Å². The van der Waals surface area contributed by atoms with E-state index in [1.807, 2.05) is 69.9 Å². The first-order valence-electron chi connectivity index (χ1n) is 13.7. The van der Waals surface area contributed by atoms with Crippen LogP contribution in [0, 0.1) is 16.7 Å². The minimum Gasteiger partial charge on any atom is -0.449 e. The van der Waals surface area contributed by atoms with Crippen molar-refractivity contribution in [3.05, 3.63) is 63.9 Å². The number of nitrogens with zero attached hydrogens (tertiary/aromatic N) is 5. The smallest absolute Gasteiger partial charge is 0.449 e. The number of rotatable bonds is 15. The van der Waals surface area contributed by atoms with Gasteiger partial charge in [-0.25, -0.2) is 9.59 Å². The maximum Gasteiger partial charge on any atom is 0.513 e. The average Bonchev–Trinajstić information content (AvgIpc) is 3.40. The molecule has 0 spiro atoms. The molecule has 0 aliphatic carbocycles. The Hall–Kier alpha value is -3.65. The Morgan fingerprint density at radius 3 is 2.19 bits per heavy atom. The van der Waals surface area contributed by atoms with E-state index in [0.717, 1.165) is 35.1 Å². The Morgan fingerprint density at radius 2 is 1.56 bits per heavy atom. The summed E-state index contributed by atoms with van der Waals surface area (Å²) in [4.78, 5) is 54.6. The number of nitroso groups, excluding NO2 is 2. The standard InChI is InChI=1S/C29H37N5O7S2/c1-21-9-11-22(12-10-21)34(20-25-30-15-16-33(25)26(35)39-17-13-28(2,3)42-31-37)23-7-6-8-24(19-23)41-27(36)40-18-14-29(4,5)43-32-38/h6-12,19H,13-18,20H2,1-5H3. The molecule has 2 aromatic carbocycles. The lowest BCUT2D eigenvalue weighted by Gasteiger charge is -2.28. The zero-order chi connectivity index (χ0) is 31.5. The lowest BCUT2D eigenvalue weighted by atomic mass is 10.1. The van der Waals surface area contributed by atoms with Crippen LogP contribution in [0.1, 0.15) is 46.1 Å². The molecule has 0 bridgehead atoms. The van der Waals surface area contributed by atoms with E-state index < -0.39 is 21.7 Å². The van der Waals surface area contributed by atoms with Crippen molar-refractivity contribution in [1.82, 2.24) is 4.90 Å². The molecular formula is C29H37N5O7S2. The second-order valence-electron chi connectivity index (χ2n) is 11.0. The van der Waals surface area contributed by atoms with Gasteiger partial charge in [-0.1, -0.05) is 23.8 Å². The van der Waals surface area contributed by atoms with Crippen LogP contribution in [0.15, 0.2) is 62.7 Å². The molecule has 1 amide bonds. The summed E-state index contributed by atoms with van der Waals surface area (Å²) in [5.41, 5.74) is 2.63. The molecule has 43 heavy (non-hydrogen) atoms. The number of benzene rings is 2. The minimum absolute atomic E-state index is 0.0691. The maximum absolute atomic E-state index is 13.0. The fourth-order valence-electron chi connectivity index (χ4n) is 4.00. The van der Waals surface area contributed by atoms with Gasteiger partial charge in [0.25, 0.3) is 0 Å². The number of hydrogen-bond donors (Lipinski definition) is 0. The van der Waals surface area contributed by atoms with Crippen LogP contribution in [0.2, 0.25) is 0 Å². The van der Waals surface area contributed by atoms with Crippen LogP contribution in [0.5, 0.6) is 5.75 Å². The van der Waals surface area contributed by atoms with E-state index in [2.05, 4.69) is 14.2 Å². The maximum atomic E-state index is 13.0. The Labute approximate surface area is 260 Å². The molecule has 0 saturated carbocycles. The zero-order valence-electron chi connectivity index (χ0n) is 25.0. The van der Waals surface area contributed by atoms with Crippen LogP contribution in [-0.4, -0.2) is 65.3 Å². The van der Waals surface area contributed by atoms with Gasteiger partial charge < -0.3 is 19.1 Å². The van der Waals surface area contributed by atoms with Gasteiger partial charge in [0.05, 0.1) is 32.8 Å². The summed E-state index contributed by atoms with van der Waals surface area (Å²) < 4.78 is 21.0. The van der Waals surface area contributed by atoms with Crippen molar-refractivity contribution < 1.29 is 23.8 Å². The Morgan fingerprint density at radius 1 is 0.930 bits per heavy atom. The summed E-state index contributed by atoms with van der Waals surface area (Å²) in [6.07, 6.45) is -0.482. The van der Waals surface area contributed by atoms with Gasteiger partial charge in [-0.2, -0.15) is 0 Å². The first-order valence-corrected chi connectivity index (χ1v) is 15.3. The molecule has 0 radical (unpaired) electrons. The van der Waals surface area contributed by atoms with Crippen molar-refractivity contribution in [2.75, 3.05) is 37.7 Å². The third-order valence-corrected chi connectivity index (χ3v) is 8.09. The lowest BCUT2D eigenvalue weighted by Crippen LogP contribution is -2.41. The fraction of sp³-hybridized carbons (Fsp3) is 0.483. The highest BCUT2D eigenvalue weighted by atomic mass is 32.2. The van der Waals surface area contributed by atoms with Gasteiger partial charge in [-0.05, 0) is 71.7 Å². The molecule has 0 fully saturated rings. The molecule has 0 saturated heterocycles. The fourth-order valence-corrected chi connectivity index (χ4v) is 4.75. The van der Waals surface area contributed by atoms with Crippen LogP contribution in [0.3, 0.4) is 0 Å². The third kappa shape index (κ3) is 10.8. The van der Waals surface area contributed by atoms with Crippen LogP contribution in [-0.2, 0) is 9.47 Å². The van der Waals surface area contributed by atoms with Gasteiger partial charge in [-0.3, -0.25) is 9.89 Å². The van der Waals surface area contributed by atoms with Crippen molar-refractivity contribution in [2.45, 2.75) is 57.0 Å². The molecule has 1 aliphatic rings. The van der Waals surface area contributed by atoms with Crippen LogP contribution >= 0.6 is 23.9 Å². The number of carbonyl (C=O) groups is 2. The summed E-state index contributed by atoms with van der Waals surface area (Å²) in [6.45, 7) is 10.7. The van der Waals surface area contributed by atoms with Crippen molar-refractivity contribution in [3.63, 3.8) is 0 Å². The van der Waals surface area contributed by atoms with E-state index in [9.17, 15) is 19.4 Å². The van der Waals surface area contributed by atoms with E-state index in [4.69, 9.17) is 14.2 Å². The van der Waals surface area contributed by atoms with Crippen molar-refractivity contribution >= 4 is 53.4 Å². The highest BCUT2D eigenvalue weighted by molar-refractivity contribution is 7.99. The van der Waals surface area contributed by atoms with Gasteiger partial charge in [0.2, 0.25) is 0 Å². The normalized spacial score (nSPS) is 13.2. The van der Waals surface area contributed by atoms with E-state index in [-0.39, 0.29) is 25.5 Å². The molecule has 3 rings (SSSR count). The monoisotopic (exact) mass is 631 g/mol. The number of carbonyl (C=O) groups excluding carboxylic acids is 2. The molecule has 232 valence electrons. The van der Waals surface area contributed by atoms with E-state index in [0.29, 0.717) is 37.5 Å². The first-order chi connectivity index (χ1) is 20.4. The minimum atomic E-state index is -0.863. The number of aryl methyl sites for hydroxylation is 1. The Balaban J connectivity index is 1.72. The molecule has 0 N–H and O–H groups in total. The number of amides is 1.